The Morgan fingerprint density at radius 3 is 3.00 bits per heavy atom. The van der Waals surface area contributed by atoms with E-state index in [-0.39, 0.29) is 0 Å². The lowest BCUT2D eigenvalue weighted by Crippen LogP contribution is -1.90. The number of ether oxygens (including phenoxy) is 1. The van der Waals surface area contributed by atoms with Crippen molar-refractivity contribution in [1.29, 1.82) is 0 Å². The monoisotopic (exact) mass is 180 g/mol. The fourth-order valence-electron chi connectivity index (χ4n) is 1.48. The standard InChI is InChI=1S/C10H9ClO/c1-12-10-6-5-9(11)7-3-2-4-8(7)10/h2,4-6H,3H2,1H3. The van der Waals surface area contributed by atoms with Crippen LogP contribution in [0, 0.1) is 0 Å². The van der Waals surface area contributed by atoms with Crippen molar-refractivity contribution in [2.24, 2.45) is 0 Å². The van der Waals surface area contributed by atoms with Crippen LogP contribution in [0.15, 0.2) is 18.2 Å². The van der Waals surface area contributed by atoms with E-state index in [0.29, 0.717) is 0 Å². The zero-order valence-electron chi connectivity index (χ0n) is 6.80. The summed E-state index contributed by atoms with van der Waals surface area (Å²) in [6.45, 7) is 0. The molecule has 12 heavy (non-hydrogen) atoms. The molecule has 0 bridgehead atoms. The molecule has 0 aliphatic heterocycles. The third-order valence-corrected chi connectivity index (χ3v) is 2.44. The van der Waals surface area contributed by atoms with E-state index in [1.807, 2.05) is 12.1 Å². The van der Waals surface area contributed by atoms with Crippen molar-refractivity contribution < 1.29 is 4.74 Å². The first-order valence-corrected chi connectivity index (χ1v) is 4.22. The van der Waals surface area contributed by atoms with Crippen molar-refractivity contribution in [3.8, 4) is 5.75 Å². The summed E-state index contributed by atoms with van der Waals surface area (Å²) in [5.41, 5.74) is 2.31. The van der Waals surface area contributed by atoms with Gasteiger partial charge in [0.1, 0.15) is 5.75 Å². The first-order chi connectivity index (χ1) is 5.83. The van der Waals surface area contributed by atoms with Gasteiger partial charge in [-0.2, -0.15) is 0 Å². The van der Waals surface area contributed by atoms with Crippen molar-refractivity contribution in [3.05, 3.63) is 34.4 Å². The summed E-state index contributed by atoms with van der Waals surface area (Å²) in [6.07, 6.45) is 5.07. The summed E-state index contributed by atoms with van der Waals surface area (Å²) in [6, 6.07) is 3.78. The van der Waals surface area contributed by atoms with Crippen molar-refractivity contribution >= 4 is 17.7 Å². The van der Waals surface area contributed by atoms with Crippen LogP contribution < -0.4 is 4.74 Å². The molecule has 1 aliphatic carbocycles. The van der Waals surface area contributed by atoms with Crippen LogP contribution >= 0.6 is 11.6 Å². The molecule has 0 atom stereocenters. The zero-order chi connectivity index (χ0) is 8.55. The summed E-state index contributed by atoms with van der Waals surface area (Å²) in [5.74, 6) is 0.906. The zero-order valence-corrected chi connectivity index (χ0v) is 7.56. The second kappa shape index (κ2) is 2.83. The lowest BCUT2D eigenvalue weighted by Gasteiger charge is -2.07. The highest BCUT2D eigenvalue weighted by atomic mass is 35.5. The van der Waals surface area contributed by atoms with Gasteiger partial charge in [0.25, 0.3) is 0 Å². The molecular formula is C10H9ClO. The Hall–Kier alpha value is -0.950. The Bertz CT molecular complexity index is 342. The van der Waals surface area contributed by atoms with Gasteiger partial charge in [-0.3, -0.25) is 0 Å². The van der Waals surface area contributed by atoms with E-state index in [1.165, 1.54) is 5.56 Å². The maximum Gasteiger partial charge on any atom is 0.126 e. The van der Waals surface area contributed by atoms with Crippen LogP contribution in [0.2, 0.25) is 5.02 Å². The summed E-state index contributed by atoms with van der Waals surface area (Å²) in [7, 11) is 1.68. The van der Waals surface area contributed by atoms with Gasteiger partial charge in [-0.1, -0.05) is 23.8 Å². The number of allylic oxidation sites excluding steroid dienone is 1. The van der Waals surface area contributed by atoms with Gasteiger partial charge in [-0.25, -0.2) is 0 Å². The normalized spacial score (nSPS) is 13.2. The van der Waals surface area contributed by atoms with Gasteiger partial charge >= 0.3 is 0 Å². The molecule has 0 saturated heterocycles. The van der Waals surface area contributed by atoms with Crippen molar-refractivity contribution in [2.75, 3.05) is 7.11 Å². The molecule has 62 valence electrons. The number of fused-ring (bicyclic) bond motifs is 1. The van der Waals surface area contributed by atoms with E-state index >= 15 is 0 Å². The van der Waals surface area contributed by atoms with E-state index in [1.54, 1.807) is 7.11 Å². The highest BCUT2D eigenvalue weighted by Crippen LogP contribution is 2.33. The van der Waals surface area contributed by atoms with Gasteiger partial charge in [-0.15, -0.1) is 0 Å². The predicted octanol–water partition coefficient (Wildman–Crippen LogP) is 2.92. The number of hydrogen-bond donors (Lipinski definition) is 0. The maximum atomic E-state index is 6.00. The highest BCUT2D eigenvalue weighted by molar-refractivity contribution is 6.31. The molecule has 0 fully saturated rings. The van der Waals surface area contributed by atoms with Crippen LogP contribution in [-0.2, 0) is 6.42 Å². The second-order valence-corrected chi connectivity index (χ2v) is 3.16. The molecule has 0 unspecified atom stereocenters. The number of rotatable bonds is 1. The lowest BCUT2D eigenvalue weighted by atomic mass is 10.1. The molecule has 1 aromatic carbocycles. The minimum atomic E-state index is 0.829. The maximum absolute atomic E-state index is 6.00. The third-order valence-electron chi connectivity index (χ3n) is 2.09. The number of halogens is 1. The topological polar surface area (TPSA) is 9.23 Å². The number of benzene rings is 1. The predicted molar refractivity (Wildman–Crippen MR) is 50.7 cm³/mol. The Labute approximate surface area is 76.6 Å². The molecule has 1 nitrogen and oxygen atoms in total. The second-order valence-electron chi connectivity index (χ2n) is 2.75. The Kier molecular flexibility index (Phi) is 1.81. The van der Waals surface area contributed by atoms with Crippen LogP contribution in [0.3, 0.4) is 0 Å². The van der Waals surface area contributed by atoms with E-state index in [2.05, 4.69) is 12.2 Å². The quantitative estimate of drug-likeness (QED) is 0.646. The first-order valence-electron chi connectivity index (χ1n) is 3.85. The minimum absolute atomic E-state index is 0.829. The molecule has 0 amide bonds. The van der Waals surface area contributed by atoms with Gasteiger partial charge in [0.15, 0.2) is 0 Å². The van der Waals surface area contributed by atoms with Crippen LogP contribution in [-0.4, -0.2) is 7.11 Å². The van der Waals surface area contributed by atoms with Gasteiger partial charge in [0.05, 0.1) is 7.11 Å². The average Bonchev–Trinajstić information content (AvgIpc) is 2.54. The molecule has 0 aromatic heterocycles. The number of hydrogen-bond acceptors (Lipinski definition) is 1. The van der Waals surface area contributed by atoms with Gasteiger partial charge in [0.2, 0.25) is 0 Å². The van der Waals surface area contributed by atoms with Gasteiger partial charge < -0.3 is 4.74 Å². The Morgan fingerprint density at radius 2 is 2.25 bits per heavy atom. The molecule has 1 aromatic rings. The van der Waals surface area contributed by atoms with Crippen molar-refractivity contribution in [3.63, 3.8) is 0 Å². The third kappa shape index (κ3) is 1.01. The molecule has 1 aliphatic rings. The molecule has 0 saturated carbocycles. The molecule has 0 N–H and O–H groups in total. The van der Waals surface area contributed by atoms with E-state index in [4.69, 9.17) is 16.3 Å². The summed E-state index contributed by atoms with van der Waals surface area (Å²) < 4.78 is 5.20. The first kappa shape index (κ1) is 7.69. The van der Waals surface area contributed by atoms with Gasteiger partial charge in [-0.05, 0) is 24.1 Å². The van der Waals surface area contributed by atoms with Crippen LogP contribution in [0.4, 0.5) is 0 Å². The molecule has 2 rings (SSSR count). The Morgan fingerprint density at radius 1 is 1.42 bits per heavy atom. The molecule has 0 heterocycles. The van der Waals surface area contributed by atoms with E-state index in [9.17, 15) is 0 Å². The summed E-state index contributed by atoms with van der Waals surface area (Å²) in [5, 5.41) is 0.829. The highest BCUT2D eigenvalue weighted by Gasteiger charge is 2.13. The largest absolute Gasteiger partial charge is 0.496 e. The summed E-state index contributed by atoms with van der Waals surface area (Å²) >= 11 is 6.00. The minimum Gasteiger partial charge on any atom is -0.496 e. The molecule has 2 heteroatoms. The van der Waals surface area contributed by atoms with E-state index in [0.717, 1.165) is 22.8 Å². The van der Waals surface area contributed by atoms with Crippen LogP contribution in [0.25, 0.3) is 6.08 Å². The lowest BCUT2D eigenvalue weighted by molar-refractivity contribution is 0.413. The van der Waals surface area contributed by atoms with Crippen LogP contribution in [0.1, 0.15) is 11.1 Å². The fraction of sp³-hybridized carbons (Fsp3) is 0.200. The van der Waals surface area contributed by atoms with Crippen LogP contribution in [0.5, 0.6) is 5.75 Å². The fourth-order valence-corrected chi connectivity index (χ4v) is 1.72. The van der Waals surface area contributed by atoms with Gasteiger partial charge in [0, 0.05) is 10.6 Å². The molecule has 0 spiro atoms. The number of methoxy groups -OCH3 is 1. The average molecular weight is 181 g/mol. The van der Waals surface area contributed by atoms with E-state index < -0.39 is 0 Å². The smallest absolute Gasteiger partial charge is 0.126 e. The van der Waals surface area contributed by atoms with Crippen molar-refractivity contribution in [1.82, 2.24) is 0 Å². The summed E-state index contributed by atoms with van der Waals surface area (Å²) in [4.78, 5) is 0. The SMILES string of the molecule is COc1ccc(Cl)c2c1C=CC2. The van der Waals surface area contributed by atoms with Crippen molar-refractivity contribution in [2.45, 2.75) is 6.42 Å². The molecular weight excluding hydrogens is 172 g/mol. The molecule has 0 radical (unpaired) electrons. The Balaban J connectivity index is 2.62.